The Balaban J connectivity index is 1.55. The number of nitrogen functional groups attached to an aromatic ring is 1. The molecule has 3 aromatic rings. The van der Waals surface area contributed by atoms with E-state index in [2.05, 4.69) is 22.8 Å². The van der Waals surface area contributed by atoms with Crippen molar-refractivity contribution in [1.82, 2.24) is 4.57 Å². The van der Waals surface area contributed by atoms with Gasteiger partial charge < -0.3 is 14.7 Å². The number of para-hydroxylation sites is 2. The Morgan fingerprint density at radius 2 is 1.83 bits per heavy atom. The van der Waals surface area contributed by atoms with E-state index in [1.54, 1.807) is 4.90 Å². The van der Waals surface area contributed by atoms with Gasteiger partial charge in [0.25, 0.3) is 0 Å². The van der Waals surface area contributed by atoms with E-state index in [1.807, 2.05) is 41.8 Å². The lowest BCUT2D eigenvalue weighted by atomic mass is 10.1. The van der Waals surface area contributed by atoms with Gasteiger partial charge in [-0.15, -0.1) is 0 Å². The third-order valence-electron chi connectivity index (χ3n) is 6.20. The number of hydrogen-bond acceptors (Lipinski definition) is 3. The third kappa shape index (κ3) is 4.45. The number of nitrogens with zero attached hydrogens (tertiary/aromatic N) is 2. The molecule has 0 spiro atoms. The normalized spacial score (nSPS) is 16.1. The first-order valence-electron chi connectivity index (χ1n) is 11.2. The van der Waals surface area contributed by atoms with Crippen molar-refractivity contribution in [2.24, 2.45) is 0 Å². The second-order valence-corrected chi connectivity index (χ2v) is 8.19. The van der Waals surface area contributed by atoms with Crippen molar-refractivity contribution in [3.8, 4) is 5.75 Å². The van der Waals surface area contributed by atoms with Crippen LogP contribution in [0.25, 0.3) is 11.0 Å². The topological polar surface area (TPSA) is 68.7 Å². The molecule has 1 aromatic heterocycles. The highest BCUT2D eigenvalue weighted by Gasteiger charge is 2.24. The number of aliphatic hydroxyl groups excluding tert-OH is 1. The quantitative estimate of drug-likeness (QED) is 0.495. The molecule has 4 rings (SSSR count). The predicted molar refractivity (Wildman–Crippen MR) is 119 cm³/mol. The van der Waals surface area contributed by atoms with E-state index in [4.69, 9.17) is 10.5 Å². The first kappa shape index (κ1) is 20.7. The Morgan fingerprint density at radius 3 is 2.57 bits per heavy atom. The maximum Gasteiger partial charge on any atom is 0.356 e. The Kier molecular flexibility index (Phi) is 6.55. The molecule has 1 aliphatic rings. The molecule has 1 saturated heterocycles. The summed E-state index contributed by atoms with van der Waals surface area (Å²) < 4.78 is 9.76. The second-order valence-electron chi connectivity index (χ2n) is 8.19. The number of ether oxygens (including phenoxy) is 1. The average molecular weight is 411 g/mol. The molecule has 6 heteroatoms. The largest absolute Gasteiger partial charge is 0.494 e. The smallest absolute Gasteiger partial charge is 0.356 e. The highest BCUT2D eigenvalue weighted by Crippen LogP contribution is 2.21. The van der Waals surface area contributed by atoms with Crippen molar-refractivity contribution in [2.75, 3.05) is 32.0 Å². The van der Waals surface area contributed by atoms with Crippen LogP contribution in [0.15, 0.2) is 48.5 Å². The van der Waals surface area contributed by atoms with Crippen LogP contribution in [-0.2, 0) is 13.1 Å². The highest BCUT2D eigenvalue weighted by molar-refractivity contribution is 5.73. The Hall–Kier alpha value is -2.57. The first-order valence-corrected chi connectivity index (χ1v) is 11.2. The van der Waals surface area contributed by atoms with Gasteiger partial charge in [0.15, 0.2) is 0 Å². The molecule has 4 N–H and O–H groups in total. The molecule has 2 aromatic carbocycles. The number of rotatable bonds is 8. The third-order valence-corrected chi connectivity index (χ3v) is 6.20. The van der Waals surface area contributed by atoms with Gasteiger partial charge in [0.1, 0.15) is 42.5 Å². The van der Waals surface area contributed by atoms with Crippen molar-refractivity contribution < 1.29 is 19.3 Å². The number of aliphatic hydroxyl groups is 1. The summed E-state index contributed by atoms with van der Waals surface area (Å²) in [6.07, 6.45) is 3.37. The Bertz CT molecular complexity index is 961. The number of anilines is 1. The summed E-state index contributed by atoms with van der Waals surface area (Å²) in [6, 6.07) is 15.9. The summed E-state index contributed by atoms with van der Waals surface area (Å²) in [4.78, 5) is 1.67. The summed E-state index contributed by atoms with van der Waals surface area (Å²) in [5.41, 5.74) is 9.66. The summed E-state index contributed by atoms with van der Waals surface area (Å²) in [6.45, 7) is 7.52. The number of quaternary nitrogens is 1. The van der Waals surface area contributed by atoms with Gasteiger partial charge in [-0.3, -0.25) is 5.73 Å². The molecule has 6 nitrogen and oxygen atoms in total. The van der Waals surface area contributed by atoms with Crippen LogP contribution in [0, 0.1) is 0 Å². The summed E-state index contributed by atoms with van der Waals surface area (Å²) >= 11 is 0. The van der Waals surface area contributed by atoms with E-state index in [0.29, 0.717) is 19.1 Å². The van der Waals surface area contributed by atoms with Crippen LogP contribution in [0.4, 0.5) is 5.95 Å². The summed E-state index contributed by atoms with van der Waals surface area (Å²) in [5.74, 6) is 1.52. The molecule has 1 fully saturated rings. The van der Waals surface area contributed by atoms with Crippen LogP contribution in [0.2, 0.25) is 0 Å². The summed E-state index contributed by atoms with van der Waals surface area (Å²) in [7, 11) is 0. The zero-order valence-corrected chi connectivity index (χ0v) is 17.9. The fraction of sp³-hybridized carbons (Fsp3) is 0.458. The minimum absolute atomic E-state index is 0.421. The molecule has 1 aliphatic heterocycles. The van der Waals surface area contributed by atoms with Crippen LogP contribution in [-0.4, -0.2) is 35.9 Å². The molecule has 2 heterocycles. The monoisotopic (exact) mass is 410 g/mol. The van der Waals surface area contributed by atoms with Gasteiger partial charge in [0.2, 0.25) is 0 Å². The second kappa shape index (κ2) is 9.49. The molecule has 160 valence electrons. The van der Waals surface area contributed by atoms with Gasteiger partial charge in [0, 0.05) is 0 Å². The number of piperidine rings is 1. The van der Waals surface area contributed by atoms with Crippen molar-refractivity contribution >= 4 is 17.0 Å². The van der Waals surface area contributed by atoms with E-state index >= 15 is 0 Å². The lowest BCUT2D eigenvalue weighted by Crippen LogP contribution is -3.13. The van der Waals surface area contributed by atoms with Crippen LogP contribution in [0.5, 0.6) is 5.75 Å². The molecule has 30 heavy (non-hydrogen) atoms. The molecule has 1 atom stereocenters. The maximum atomic E-state index is 10.9. The molecule has 0 aliphatic carbocycles. The lowest BCUT2D eigenvalue weighted by Gasteiger charge is -2.22. The molecule has 0 unspecified atom stereocenters. The van der Waals surface area contributed by atoms with Crippen LogP contribution in [0.1, 0.15) is 37.9 Å². The van der Waals surface area contributed by atoms with Crippen LogP contribution in [0.3, 0.4) is 0 Å². The molecule has 0 amide bonds. The molecular weight excluding hydrogens is 376 g/mol. The SMILES string of the molecule is CCOc1ccc([C@H](O)C[n+]2c(N)n(CC[NH+]3CCCCC3)c3ccccc32)cc1. The maximum absolute atomic E-state index is 10.9. The number of likely N-dealkylation sites (tertiary alicyclic amines) is 1. The van der Waals surface area contributed by atoms with Gasteiger partial charge in [-0.05, 0) is 56.0 Å². The minimum atomic E-state index is -0.639. The zero-order valence-electron chi connectivity index (χ0n) is 17.9. The van der Waals surface area contributed by atoms with E-state index in [-0.39, 0.29) is 0 Å². The predicted octanol–water partition coefficient (Wildman–Crippen LogP) is 1.71. The molecule has 0 radical (unpaired) electrons. The van der Waals surface area contributed by atoms with Gasteiger partial charge in [-0.1, -0.05) is 24.3 Å². The van der Waals surface area contributed by atoms with Crippen molar-refractivity contribution in [2.45, 2.75) is 45.4 Å². The number of fused-ring (bicyclic) bond motifs is 1. The number of nitrogens with one attached hydrogen (secondary N) is 1. The minimum Gasteiger partial charge on any atom is -0.494 e. The van der Waals surface area contributed by atoms with E-state index in [1.165, 1.54) is 32.4 Å². The van der Waals surface area contributed by atoms with Crippen molar-refractivity contribution in [3.63, 3.8) is 0 Å². The fourth-order valence-corrected chi connectivity index (χ4v) is 4.54. The number of benzene rings is 2. The van der Waals surface area contributed by atoms with E-state index in [0.717, 1.165) is 35.4 Å². The number of nitrogens with two attached hydrogens (primary N) is 1. The standard InChI is InChI=1S/C24H32N4O2/c1-2-30-20-12-10-19(11-13-20)23(29)18-28-22-9-5-4-8-21(22)27(24(28)25)17-16-26-14-6-3-7-15-26/h4-5,8-13,23,25,29H,2-3,6-7,14-18H2,1H3/p+2/t23-/m1/s1. The lowest BCUT2D eigenvalue weighted by molar-refractivity contribution is -0.905. The van der Waals surface area contributed by atoms with Gasteiger partial charge in [-0.25, -0.2) is 9.13 Å². The summed E-state index contributed by atoms with van der Waals surface area (Å²) in [5, 5.41) is 10.9. The van der Waals surface area contributed by atoms with E-state index in [9.17, 15) is 5.11 Å². The van der Waals surface area contributed by atoms with Gasteiger partial charge in [-0.2, -0.15) is 0 Å². The number of aromatic nitrogens is 2. The van der Waals surface area contributed by atoms with Crippen LogP contribution >= 0.6 is 0 Å². The number of imidazole rings is 1. The van der Waals surface area contributed by atoms with E-state index < -0.39 is 6.10 Å². The Labute approximate surface area is 178 Å². The average Bonchev–Trinajstić information content (AvgIpc) is 3.04. The van der Waals surface area contributed by atoms with Crippen LogP contribution < -0.4 is 19.9 Å². The fourth-order valence-electron chi connectivity index (χ4n) is 4.54. The Morgan fingerprint density at radius 1 is 1.10 bits per heavy atom. The van der Waals surface area contributed by atoms with Crippen molar-refractivity contribution in [1.29, 1.82) is 0 Å². The first-order chi connectivity index (χ1) is 14.7. The number of hydrogen-bond donors (Lipinski definition) is 3. The zero-order chi connectivity index (χ0) is 20.9. The molecule has 0 bridgehead atoms. The molecule has 0 saturated carbocycles. The van der Waals surface area contributed by atoms with Crippen molar-refractivity contribution in [3.05, 3.63) is 54.1 Å². The molecular formula is C24H34N4O2+2. The van der Waals surface area contributed by atoms with Gasteiger partial charge >= 0.3 is 5.95 Å². The highest BCUT2D eigenvalue weighted by atomic mass is 16.5. The van der Waals surface area contributed by atoms with Gasteiger partial charge in [0.05, 0.1) is 19.7 Å².